The number of aryl methyl sites for hydroxylation is 1. The SMILES string of the molecule is CC(C)CCNC(=O)CCc1nnc(-c2ccccc2)[nH]c1=O. The summed E-state index contributed by atoms with van der Waals surface area (Å²) < 4.78 is 0. The van der Waals surface area contributed by atoms with Crippen LogP contribution in [0.15, 0.2) is 35.1 Å². The summed E-state index contributed by atoms with van der Waals surface area (Å²) in [5, 5.41) is 10.8. The summed E-state index contributed by atoms with van der Waals surface area (Å²) >= 11 is 0. The van der Waals surface area contributed by atoms with Gasteiger partial charge in [-0.05, 0) is 12.3 Å². The summed E-state index contributed by atoms with van der Waals surface area (Å²) in [7, 11) is 0. The Morgan fingerprint density at radius 1 is 1.22 bits per heavy atom. The number of carbonyl (C=O) groups is 1. The van der Waals surface area contributed by atoms with E-state index < -0.39 is 0 Å². The van der Waals surface area contributed by atoms with Crippen LogP contribution in [0.3, 0.4) is 0 Å². The molecule has 0 unspecified atom stereocenters. The molecule has 1 heterocycles. The van der Waals surface area contributed by atoms with E-state index >= 15 is 0 Å². The molecule has 0 aliphatic rings. The maximum Gasteiger partial charge on any atom is 0.273 e. The first-order valence-corrected chi connectivity index (χ1v) is 7.84. The standard InChI is InChI=1S/C17H22N4O2/c1-12(2)10-11-18-15(22)9-8-14-17(23)19-16(21-20-14)13-6-4-3-5-7-13/h3-7,12H,8-11H2,1-2H3,(H,18,22)(H,19,21,23). The molecular weight excluding hydrogens is 292 g/mol. The minimum Gasteiger partial charge on any atom is -0.356 e. The molecule has 0 spiro atoms. The van der Waals surface area contributed by atoms with E-state index in [0.29, 0.717) is 18.3 Å². The first kappa shape index (κ1) is 16.9. The van der Waals surface area contributed by atoms with E-state index in [9.17, 15) is 9.59 Å². The van der Waals surface area contributed by atoms with Gasteiger partial charge in [0.25, 0.3) is 5.56 Å². The number of hydrogen-bond donors (Lipinski definition) is 2. The van der Waals surface area contributed by atoms with Crippen LogP contribution >= 0.6 is 0 Å². The maximum atomic E-state index is 12.0. The Morgan fingerprint density at radius 3 is 2.61 bits per heavy atom. The molecule has 0 saturated heterocycles. The van der Waals surface area contributed by atoms with E-state index in [-0.39, 0.29) is 30.0 Å². The lowest BCUT2D eigenvalue weighted by molar-refractivity contribution is -0.121. The molecule has 0 fully saturated rings. The predicted molar refractivity (Wildman–Crippen MR) is 88.9 cm³/mol. The van der Waals surface area contributed by atoms with Gasteiger partial charge < -0.3 is 10.3 Å². The molecule has 0 radical (unpaired) electrons. The fourth-order valence-corrected chi connectivity index (χ4v) is 2.07. The number of carbonyl (C=O) groups excluding carboxylic acids is 1. The number of nitrogens with zero attached hydrogens (tertiary/aromatic N) is 2. The molecule has 122 valence electrons. The first-order chi connectivity index (χ1) is 11.1. The summed E-state index contributed by atoms with van der Waals surface area (Å²) in [6.07, 6.45) is 1.46. The summed E-state index contributed by atoms with van der Waals surface area (Å²) in [4.78, 5) is 26.5. The molecule has 1 aromatic heterocycles. The van der Waals surface area contributed by atoms with Crippen LogP contribution in [0.2, 0.25) is 0 Å². The molecule has 2 aromatic rings. The predicted octanol–water partition coefficient (Wildman–Crippen LogP) is 1.93. The Bertz CT molecular complexity index is 695. The normalized spacial score (nSPS) is 10.7. The largest absolute Gasteiger partial charge is 0.356 e. The highest BCUT2D eigenvalue weighted by atomic mass is 16.1. The third kappa shape index (κ3) is 5.32. The van der Waals surface area contributed by atoms with Gasteiger partial charge in [0.2, 0.25) is 5.91 Å². The Balaban J connectivity index is 1.92. The molecule has 1 amide bonds. The van der Waals surface area contributed by atoms with Crippen molar-refractivity contribution in [3.05, 3.63) is 46.4 Å². The average molecular weight is 314 g/mol. The molecule has 0 aliphatic heterocycles. The third-order valence-corrected chi connectivity index (χ3v) is 3.44. The zero-order valence-corrected chi connectivity index (χ0v) is 13.5. The van der Waals surface area contributed by atoms with Gasteiger partial charge in [0.15, 0.2) is 5.82 Å². The van der Waals surface area contributed by atoms with Gasteiger partial charge in [0.05, 0.1) is 0 Å². The van der Waals surface area contributed by atoms with Gasteiger partial charge in [0.1, 0.15) is 5.69 Å². The van der Waals surface area contributed by atoms with Crippen LogP contribution in [-0.2, 0) is 11.2 Å². The van der Waals surface area contributed by atoms with Crippen LogP contribution in [0, 0.1) is 5.92 Å². The van der Waals surface area contributed by atoms with E-state index in [1.54, 1.807) is 0 Å². The van der Waals surface area contributed by atoms with Gasteiger partial charge in [-0.25, -0.2) is 0 Å². The number of nitrogens with one attached hydrogen (secondary N) is 2. The molecule has 0 saturated carbocycles. The van der Waals surface area contributed by atoms with Crippen molar-refractivity contribution in [2.24, 2.45) is 5.92 Å². The second-order valence-electron chi connectivity index (χ2n) is 5.85. The topological polar surface area (TPSA) is 87.7 Å². The fourth-order valence-electron chi connectivity index (χ4n) is 2.07. The number of rotatable bonds is 7. The summed E-state index contributed by atoms with van der Waals surface area (Å²) in [6, 6.07) is 9.32. The number of amides is 1. The lowest BCUT2D eigenvalue weighted by Gasteiger charge is -2.06. The number of H-pyrrole nitrogens is 1. The molecule has 0 atom stereocenters. The van der Waals surface area contributed by atoms with Crippen LogP contribution in [-0.4, -0.2) is 27.6 Å². The van der Waals surface area contributed by atoms with E-state index in [1.807, 2.05) is 30.3 Å². The van der Waals surface area contributed by atoms with E-state index in [4.69, 9.17) is 0 Å². The van der Waals surface area contributed by atoms with E-state index in [2.05, 4.69) is 34.3 Å². The molecule has 0 bridgehead atoms. The van der Waals surface area contributed by atoms with Crippen molar-refractivity contribution < 1.29 is 4.79 Å². The second kappa shape index (κ2) is 8.22. The van der Waals surface area contributed by atoms with Crippen molar-refractivity contribution in [3.8, 4) is 11.4 Å². The minimum atomic E-state index is -0.297. The van der Waals surface area contributed by atoms with Gasteiger partial charge in [-0.15, -0.1) is 10.2 Å². The van der Waals surface area contributed by atoms with Crippen molar-refractivity contribution in [1.82, 2.24) is 20.5 Å². The van der Waals surface area contributed by atoms with Gasteiger partial charge in [0, 0.05) is 24.9 Å². The number of aromatic amines is 1. The van der Waals surface area contributed by atoms with Crippen LogP contribution < -0.4 is 10.9 Å². The first-order valence-electron chi connectivity index (χ1n) is 7.84. The lowest BCUT2D eigenvalue weighted by Crippen LogP contribution is -2.27. The van der Waals surface area contributed by atoms with Crippen molar-refractivity contribution in [2.75, 3.05) is 6.54 Å². The van der Waals surface area contributed by atoms with Crippen LogP contribution in [0.5, 0.6) is 0 Å². The maximum absolute atomic E-state index is 12.0. The number of aromatic nitrogens is 3. The Morgan fingerprint density at radius 2 is 1.96 bits per heavy atom. The minimum absolute atomic E-state index is 0.0704. The molecule has 6 heteroatoms. The van der Waals surface area contributed by atoms with Crippen molar-refractivity contribution in [1.29, 1.82) is 0 Å². The van der Waals surface area contributed by atoms with Crippen molar-refractivity contribution >= 4 is 5.91 Å². The Hall–Kier alpha value is -2.50. The highest BCUT2D eigenvalue weighted by Gasteiger charge is 2.09. The van der Waals surface area contributed by atoms with E-state index in [1.165, 1.54) is 0 Å². The Kier molecular flexibility index (Phi) is 6.02. The number of benzene rings is 1. The van der Waals surface area contributed by atoms with Crippen molar-refractivity contribution in [2.45, 2.75) is 33.1 Å². The van der Waals surface area contributed by atoms with Gasteiger partial charge in [-0.3, -0.25) is 9.59 Å². The fraction of sp³-hybridized carbons (Fsp3) is 0.412. The van der Waals surface area contributed by atoms with E-state index in [0.717, 1.165) is 12.0 Å². The molecule has 2 N–H and O–H groups in total. The molecule has 23 heavy (non-hydrogen) atoms. The Labute approximate surface area is 135 Å². The van der Waals surface area contributed by atoms with Gasteiger partial charge in [-0.1, -0.05) is 44.2 Å². The van der Waals surface area contributed by atoms with Crippen molar-refractivity contribution in [3.63, 3.8) is 0 Å². The highest BCUT2D eigenvalue weighted by Crippen LogP contribution is 2.10. The third-order valence-electron chi connectivity index (χ3n) is 3.44. The summed E-state index contributed by atoms with van der Waals surface area (Å²) in [6.45, 7) is 4.87. The highest BCUT2D eigenvalue weighted by molar-refractivity contribution is 5.76. The molecule has 2 rings (SSSR count). The molecule has 1 aromatic carbocycles. The molecular formula is C17H22N4O2. The second-order valence-corrected chi connectivity index (χ2v) is 5.85. The van der Waals surface area contributed by atoms with Crippen LogP contribution in [0.25, 0.3) is 11.4 Å². The zero-order valence-electron chi connectivity index (χ0n) is 13.5. The molecule has 6 nitrogen and oxygen atoms in total. The zero-order chi connectivity index (χ0) is 16.7. The average Bonchev–Trinajstić information content (AvgIpc) is 2.54. The van der Waals surface area contributed by atoms with Gasteiger partial charge in [-0.2, -0.15) is 0 Å². The van der Waals surface area contributed by atoms with Gasteiger partial charge >= 0.3 is 0 Å². The molecule has 0 aliphatic carbocycles. The summed E-state index contributed by atoms with van der Waals surface area (Å²) in [5.74, 6) is 0.911. The quantitative estimate of drug-likeness (QED) is 0.817. The van der Waals surface area contributed by atoms with Crippen LogP contribution in [0.4, 0.5) is 0 Å². The monoisotopic (exact) mass is 314 g/mol. The van der Waals surface area contributed by atoms with Crippen LogP contribution in [0.1, 0.15) is 32.4 Å². The summed E-state index contributed by atoms with van der Waals surface area (Å²) in [5.41, 5.74) is 0.785. The lowest BCUT2D eigenvalue weighted by atomic mass is 10.1. The number of hydrogen-bond acceptors (Lipinski definition) is 4. The smallest absolute Gasteiger partial charge is 0.273 e.